The summed E-state index contributed by atoms with van der Waals surface area (Å²) < 4.78 is 0. The lowest BCUT2D eigenvalue weighted by Gasteiger charge is -2.31. The third kappa shape index (κ3) is 3.70. The average Bonchev–Trinajstić information content (AvgIpc) is 2.38. The van der Waals surface area contributed by atoms with Crippen molar-refractivity contribution in [1.82, 2.24) is 10.4 Å². The lowest BCUT2D eigenvalue weighted by molar-refractivity contribution is 0.126. The van der Waals surface area contributed by atoms with Gasteiger partial charge in [-0.2, -0.15) is 0 Å². The van der Waals surface area contributed by atoms with Gasteiger partial charge in [-0.3, -0.25) is 0 Å². The molecule has 2 rings (SSSR count). The summed E-state index contributed by atoms with van der Waals surface area (Å²) in [5.41, 5.74) is 4.95. The first-order valence-electron chi connectivity index (χ1n) is 6.56. The summed E-state index contributed by atoms with van der Waals surface area (Å²) in [7, 11) is 0. The second-order valence-corrected chi connectivity index (χ2v) is 5.13. The fourth-order valence-corrected chi connectivity index (χ4v) is 2.47. The Kier molecular flexibility index (Phi) is 4.84. The number of halogens is 1. The lowest BCUT2D eigenvalue weighted by Crippen LogP contribution is -2.43. The molecule has 17 heavy (non-hydrogen) atoms. The number of hydrazine groups is 1. The van der Waals surface area contributed by atoms with Crippen LogP contribution >= 0.6 is 11.6 Å². The van der Waals surface area contributed by atoms with Crippen LogP contribution in [-0.2, 0) is 0 Å². The fraction of sp³-hybridized carbons (Fsp3) is 0.571. The van der Waals surface area contributed by atoms with Gasteiger partial charge in [-0.05, 0) is 37.0 Å². The first kappa shape index (κ1) is 12.9. The molecule has 0 spiro atoms. The molecule has 0 aliphatic carbocycles. The maximum Gasteiger partial charge on any atom is 0.0462 e. The van der Waals surface area contributed by atoms with Gasteiger partial charge in [0.15, 0.2) is 0 Å². The molecule has 0 bridgehead atoms. The molecule has 94 valence electrons. The van der Waals surface area contributed by atoms with Gasteiger partial charge in [0.25, 0.3) is 0 Å². The molecule has 1 aliphatic rings. The SMILES string of the molecule is CCC(NN1CCCCC1)c1ccc(Cl)cc1. The Labute approximate surface area is 109 Å². The van der Waals surface area contributed by atoms with E-state index in [2.05, 4.69) is 29.5 Å². The Morgan fingerprint density at radius 2 is 1.82 bits per heavy atom. The van der Waals surface area contributed by atoms with E-state index >= 15 is 0 Å². The van der Waals surface area contributed by atoms with E-state index in [1.807, 2.05) is 12.1 Å². The van der Waals surface area contributed by atoms with E-state index in [1.165, 1.54) is 37.9 Å². The van der Waals surface area contributed by atoms with Crippen LogP contribution in [0.5, 0.6) is 0 Å². The van der Waals surface area contributed by atoms with Crippen molar-refractivity contribution in [3.8, 4) is 0 Å². The summed E-state index contributed by atoms with van der Waals surface area (Å²) in [6.45, 7) is 4.56. The van der Waals surface area contributed by atoms with E-state index in [0.29, 0.717) is 6.04 Å². The van der Waals surface area contributed by atoms with Gasteiger partial charge in [0.05, 0.1) is 0 Å². The number of benzene rings is 1. The molecule has 1 aromatic carbocycles. The molecule has 1 atom stereocenters. The number of rotatable bonds is 4. The number of nitrogens with one attached hydrogen (secondary N) is 1. The van der Waals surface area contributed by atoms with Gasteiger partial charge in [-0.1, -0.05) is 37.1 Å². The Hall–Kier alpha value is -0.570. The molecule has 2 nitrogen and oxygen atoms in total. The summed E-state index contributed by atoms with van der Waals surface area (Å²) in [5.74, 6) is 0. The van der Waals surface area contributed by atoms with Crippen molar-refractivity contribution in [3.63, 3.8) is 0 Å². The molecular formula is C14H21ClN2. The minimum atomic E-state index is 0.408. The predicted molar refractivity (Wildman–Crippen MR) is 73.0 cm³/mol. The topological polar surface area (TPSA) is 15.3 Å². The summed E-state index contributed by atoms with van der Waals surface area (Å²) >= 11 is 5.92. The van der Waals surface area contributed by atoms with E-state index < -0.39 is 0 Å². The smallest absolute Gasteiger partial charge is 0.0462 e. The molecule has 1 aliphatic heterocycles. The molecule has 0 amide bonds. The maximum atomic E-state index is 5.92. The minimum absolute atomic E-state index is 0.408. The molecular weight excluding hydrogens is 232 g/mol. The van der Waals surface area contributed by atoms with Crippen molar-refractivity contribution in [2.45, 2.75) is 38.6 Å². The Bertz CT molecular complexity index is 331. The van der Waals surface area contributed by atoms with Gasteiger partial charge in [0.1, 0.15) is 0 Å². The van der Waals surface area contributed by atoms with E-state index in [9.17, 15) is 0 Å². The second-order valence-electron chi connectivity index (χ2n) is 4.69. The van der Waals surface area contributed by atoms with Gasteiger partial charge < -0.3 is 0 Å². The van der Waals surface area contributed by atoms with Crippen LogP contribution in [0, 0.1) is 0 Å². The van der Waals surface area contributed by atoms with Gasteiger partial charge in [0.2, 0.25) is 0 Å². The number of hydrogen-bond donors (Lipinski definition) is 1. The normalized spacial score (nSPS) is 19.2. The van der Waals surface area contributed by atoms with E-state index in [0.717, 1.165) is 11.4 Å². The average molecular weight is 253 g/mol. The third-order valence-corrected chi connectivity index (χ3v) is 3.63. The number of nitrogens with zero attached hydrogens (tertiary/aromatic N) is 1. The van der Waals surface area contributed by atoms with Crippen LogP contribution in [0.1, 0.15) is 44.2 Å². The van der Waals surface area contributed by atoms with Gasteiger partial charge in [0, 0.05) is 24.2 Å². The highest BCUT2D eigenvalue weighted by atomic mass is 35.5. The molecule has 1 heterocycles. The molecule has 1 fully saturated rings. The first-order valence-corrected chi connectivity index (χ1v) is 6.94. The Morgan fingerprint density at radius 1 is 1.18 bits per heavy atom. The lowest BCUT2D eigenvalue weighted by atomic mass is 10.1. The highest BCUT2D eigenvalue weighted by Crippen LogP contribution is 2.20. The Morgan fingerprint density at radius 3 is 2.41 bits per heavy atom. The van der Waals surface area contributed by atoms with Crippen LogP contribution in [0.25, 0.3) is 0 Å². The highest BCUT2D eigenvalue weighted by Gasteiger charge is 2.15. The predicted octanol–water partition coefficient (Wildman–Crippen LogP) is 3.78. The van der Waals surface area contributed by atoms with Crippen molar-refractivity contribution in [2.24, 2.45) is 0 Å². The fourth-order valence-electron chi connectivity index (χ4n) is 2.34. The second kappa shape index (κ2) is 6.39. The van der Waals surface area contributed by atoms with Crippen LogP contribution in [0.3, 0.4) is 0 Å². The summed E-state index contributed by atoms with van der Waals surface area (Å²) in [4.78, 5) is 0. The molecule has 3 heteroatoms. The van der Waals surface area contributed by atoms with Crippen LogP contribution in [0.15, 0.2) is 24.3 Å². The van der Waals surface area contributed by atoms with Crippen molar-refractivity contribution in [3.05, 3.63) is 34.9 Å². The monoisotopic (exact) mass is 252 g/mol. The largest absolute Gasteiger partial charge is 0.248 e. The summed E-state index contributed by atoms with van der Waals surface area (Å²) in [6.07, 6.45) is 5.09. The summed E-state index contributed by atoms with van der Waals surface area (Å²) in [5, 5.41) is 3.17. The van der Waals surface area contributed by atoms with Gasteiger partial charge in [-0.25, -0.2) is 10.4 Å². The standard InChI is InChI=1S/C14H21ClN2/c1-2-14(12-6-8-13(15)9-7-12)16-17-10-4-3-5-11-17/h6-9,14,16H,2-5,10-11H2,1H3. The van der Waals surface area contributed by atoms with Crippen molar-refractivity contribution in [1.29, 1.82) is 0 Å². The van der Waals surface area contributed by atoms with E-state index in [4.69, 9.17) is 11.6 Å². The van der Waals surface area contributed by atoms with Crippen LogP contribution in [0.4, 0.5) is 0 Å². The third-order valence-electron chi connectivity index (χ3n) is 3.38. The van der Waals surface area contributed by atoms with Crippen molar-refractivity contribution in [2.75, 3.05) is 13.1 Å². The zero-order valence-corrected chi connectivity index (χ0v) is 11.2. The zero-order chi connectivity index (χ0) is 12.1. The highest BCUT2D eigenvalue weighted by molar-refractivity contribution is 6.30. The van der Waals surface area contributed by atoms with Gasteiger partial charge >= 0.3 is 0 Å². The maximum absolute atomic E-state index is 5.92. The number of piperidine rings is 1. The molecule has 1 saturated heterocycles. The molecule has 1 N–H and O–H groups in total. The van der Waals surface area contributed by atoms with E-state index in [1.54, 1.807) is 0 Å². The van der Waals surface area contributed by atoms with Crippen LogP contribution in [-0.4, -0.2) is 18.1 Å². The number of hydrogen-bond acceptors (Lipinski definition) is 2. The molecule has 0 radical (unpaired) electrons. The minimum Gasteiger partial charge on any atom is -0.248 e. The van der Waals surface area contributed by atoms with Gasteiger partial charge in [-0.15, -0.1) is 0 Å². The summed E-state index contributed by atoms with van der Waals surface area (Å²) in [6, 6.07) is 8.58. The van der Waals surface area contributed by atoms with Crippen LogP contribution < -0.4 is 5.43 Å². The van der Waals surface area contributed by atoms with Crippen molar-refractivity contribution < 1.29 is 0 Å². The van der Waals surface area contributed by atoms with E-state index in [-0.39, 0.29) is 0 Å². The quantitative estimate of drug-likeness (QED) is 0.877. The van der Waals surface area contributed by atoms with Crippen LogP contribution in [0.2, 0.25) is 5.02 Å². The zero-order valence-electron chi connectivity index (χ0n) is 10.5. The molecule has 1 aromatic rings. The molecule has 1 unspecified atom stereocenters. The van der Waals surface area contributed by atoms with Crippen molar-refractivity contribution >= 4 is 11.6 Å². The molecule has 0 aromatic heterocycles. The first-order chi connectivity index (χ1) is 8.29. The Balaban J connectivity index is 1.97. The molecule has 0 saturated carbocycles.